The van der Waals surface area contributed by atoms with Gasteiger partial charge < -0.3 is 19.9 Å². The first-order valence-electron chi connectivity index (χ1n) is 11.9. The molecule has 0 unspecified atom stereocenters. The minimum absolute atomic E-state index is 0.0143. The second-order valence-electron chi connectivity index (χ2n) is 10.3. The van der Waals surface area contributed by atoms with E-state index in [1.54, 1.807) is 17.4 Å². The van der Waals surface area contributed by atoms with Gasteiger partial charge in [0.05, 0.1) is 0 Å². The Labute approximate surface area is 209 Å². The lowest BCUT2D eigenvalue weighted by Crippen LogP contribution is -2.44. The van der Waals surface area contributed by atoms with E-state index in [1.165, 1.54) is 4.88 Å². The van der Waals surface area contributed by atoms with Crippen molar-refractivity contribution in [2.75, 3.05) is 43.4 Å². The first-order chi connectivity index (χ1) is 16.7. The molecule has 3 aromatic rings. The molecule has 1 aliphatic heterocycles. The smallest absolute Gasteiger partial charge is 0.326 e. The highest BCUT2D eigenvalue weighted by atomic mass is 32.1. The van der Waals surface area contributed by atoms with Gasteiger partial charge in [0.1, 0.15) is 11.6 Å². The van der Waals surface area contributed by atoms with Crippen molar-refractivity contribution in [2.45, 2.75) is 39.5 Å². The summed E-state index contributed by atoms with van der Waals surface area (Å²) in [5.41, 5.74) is 2.71. The molecule has 0 spiro atoms. The Hall–Kier alpha value is -3.04. The van der Waals surface area contributed by atoms with Crippen LogP contribution in [-0.2, 0) is 11.8 Å². The van der Waals surface area contributed by atoms with Gasteiger partial charge in [-0.1, -0.05) is 38.5 Å². The molecular weight excluding hydrogens is 463 g/mol. The summed E-state index contributed by atoms with van der Waals surface area (Å²) in [5.74, 6) is 1.06. The number of aromatic nitrogens is 3. The van der Waals surface area contributed by atoms with Gasteiger partial charge in [-0.2, -0.15) is 9.97 Å². The third kappa shape index (κ3) is 5.16. The molecule has 35 heavy (non-hydrogen) atoms. The molecule has 1 N–H and O–H groups in total. The van der Waals surface area contributed by atoms with Gasteiger partial charge in [0, 0.05) is 48.9 Å². The average molecular weight is 495 g/mol. The van der Waals surface area contributed by atoms with Gasteiger partial charge in [0.2, 0.25) is 0 Å². The van der Waals surface area contributed by atoms with Crippen LogP contribution in [0.1, 0.15) is 43.7 Å². The van der Waals surface area contributed by atoms with Crippen molar-refractivity contribution in [1.82, 2.24) is 19.9 Å². The fraction of sp³-hybridized carbons (Fsp3) is 0.423. The molecule has 1 aliphatic carbocycles. The maximum Gasteiger partial charge on any atom is 0.326 e. The average Bonchev–Trinajstić information content (AvgIpc) is 3.43. The van der Waals surface area contributed by atoms with Crippen molar-refractivity contribution in [3.05, 3.63) is 51.8 Å². The zero-order chi connectivity index (χ0) is 24.7. The number of ether oxygens (including phenoxy) is 1. The van der Waals surface area contributed by atoms with E-state index < -0.39 is 0 Å². The summed E-state index contributed by atoms with van der Waals surface area (Å²) in [6.45, 7) is 12.1. The Balaban J connectivity index is 1.47. The third-order valence-electron chi connectivity index (χ3n) is 6.30. The van der Waals surface area contributed by atoms with E-state index in [0.717, 1.165) is 54.7 Å². The summed E-state index contributed by atoms with van der Waals surface area (Å²) in [4.78, 5) is 19.4. The molecule has 0 radical (unpaired) electrons. The van der Waals surface area contributed by atoms with Crippen molar-refractivity contribution >= 4 is 34.2 Å². The Kier molecular flexibility index (Phi) is 6.23. The Morgan fingerprint density at radius 3 is 2.60 bits per heavy atom. The van der Waals surface area contributed by atoms with Crippen molar-refractivity contribution in [2.24, 2.45) is 0 Å². The maximum absolute atomic E-state index is 15.2. The maximum atomic E-state index is 15.2. The fourth-order valence-corrected chi connectivity index (χ4v) is 5.09. The summed E-state index contributed by atoms with van der Waals surface area (Å²) >= 11 is 1.59. The van der Waals surface area contributed by atoms with Crippen molar-refractivity contribution < 1.29 is 9.13 Å². The lowest BCUT2D eigenvalue weighted by Gasteiger charge is -2.33. The van der Waals surface area contributed by atoms with Crippen LogP contribution in [0.5, 0.6) is 11.8 Å². The fourth-order valence-electron chi connectivity index (χ4n) is 4.21. The van der Waals surface area contributed by atoms with E-state index in [-0.39, 0.29) is 23.0 Å². The van der Waals surface area contributed by atoms with Gasteiger partial charge in [-0.15, -0.1) is 11.3 Å². The molecule has 9 heteroatoms. The van der Waals surface area contributed by atoms with Gasteiger partial charge in [-0.05, 0) is 37.4 Å². The predicted octanol–water partition coefficient (Wildman–Crippen LogP) is 5.62. The van der Waals surface area contributed by atoms with E-state index in [4.69, 9.17) is 4.74 Å². The second-order valence-corrected chi connectivity index (χ2v) is 11.3. The predicted molar refractivity (Wildman–Crippen MR) is 140 cm³/mol. The number of thiazole rings is 1. The number of halogens is 1. The molecule has 2 aromatic heterocycles. The number of allylic oxidation sites excluding steroid dienone is 1. The number of anilines is 3. The standard InChI is InChI=1S/C26H31FN6OS/c1-16-12-17-6-7-19(23(27)18(17)13-16)34-24-29-21(30-25-28-15-20(35-25)26(2,3)4)14-22(31-24)33-10-8-32(5)9-11-33/h6-7,13-15H,8-12H2,1-5H3,(H,28,29,30,31). The molecule has 3 heterocycles. The molecule has 0 bridgehead atoms. The van der Waals surface area contributed by atoms with Crippen LogP contribution in [0.25, 0.3) is 6.08 Å². The molecule has 1 saturated heterocycles. The van der Waals surface area contributed by atoms with Crippen LogP contribution >= 0.6 is 11.3 Å². The normalized spacial score (nSPS) is 16.3. The molecule has 0 amide bonds. The molecule has 2 aliphatic rings. The third-order valence-corrected chi connectivity index (χ3v) is 7.63. The van der Waals surface area contributed by atoms with Crippen molar-refractivity contribution in [3.63, 3.8) is 0 Å². The van der Waals surface area contributed by atoms with Crippen LogP contribution in [0.2, 0.25) is 0 Å². The number of rotatable bonds is 5. The van der Waals surface area contributed by atoms with Crippen LogP contribution in [0.4, 0.5) is 21.2 Å². The number of fused-ring (bicyclic) bond motifs is 1. The quantitative estimate of drug-likeness (QED) is 0.494. The van der Waals surface area contributed by atoms with Crippen LogP contribution in [-0.4, -0.2) is 53.1 Å². The van der Waals surface area contributed by atoms with Gasteiger partial charge in [-0.3, -0.25) is 0 Å². The topological polar surface area (TPSA) is 66.4 Å². The number of hydrogen-bond acceptors (Lipinski definition) is 8. The van der Waals surface area contributed by atoms with Gasteiger partial charge in [0.15, 0.2) is 16.7 Å². The zero-order valence-electron chi connectivity index (χ0n) is 20.9. The van der Waals surface area contributed by atoms with Crippen molar-refractivity contribution in [1.29, 1.82) is 0 Å². The minimum atomic E-state index is -0.378. The molecular formula is C26H31FN6OS. The van der Waals surface area contributed by atoms with E-state index in [2.05, 4.69) is 57.9 Å². The molecule has 7 nitrogen and oxygen atoms in total. The zero-order valence-corrected chi connectivity index (χ0v) is 21.7. The molecule has 184 valence electrons. The van der Waals surface area contributed by atoms with E-state index >= 15 is 4.39 Å². The van der Waals surface area contributed by atoms with Gasteiger partial charge in [0.25, 0.3) is 0 Å². The van der Waals surface area contributed by atoms with Gasteiger partial charge >= 0.3 is 6.01 Å². The number of benzene rings is 1. The number of hydrogen-bond donors (Lipinski definition) is 1. The highest BCUT2D eigenvalue weighted by molar-refractivity contribution is 7.15. The Morgan fingerprint density at radius 2 is 1.89 bits per heavy atom. The first-order valence-corrected chi connectivity index (χ1v) is 12.7. The highest BCUT2D eigenvalue weighted by Crippen LogP contribution is 2.35. The summed E-state index contributed by atoms with van der Waals surface area (Å²) in [5, 5.41) is 4.05. The summed E-state index contributed by atoms with van der Waals surface area (Å²) in [6, 6.07) is 5.58. The van der Waals surface area contributed by atoms with Crippen LogP contribution in [0.3, 0.4) is 0 Å². The summed E-state index contributed by atoms with van der Waals surface area (Å²) < 4.78 is 21.2. The van der Waals surface area contributed by atoms with Crippen LogP contribution < -0.4 is 15.0 Å². The number of piperazine rings is 1. The monoisotopic (exact) mass is 494 g/mol. The summed E-state index contributed by atoms with van der Waals surface area (Å²) in [7, 11) is 2.11. The molecule has 0 atom stereocenters. The number of nitrogens with zero attached hydrogens (tertiary/aromatic N) is 5. The van der Waals surface area contributed by atoms with E-state index in [9.17, 15) is 0 Å². The molecule has 0 saturated carbocycles. The van der Waals surface area contributed by atoms with E-state index in [1.807, 2.05) is 31.3 Å². The largest absolute Gasteiger partial charge is 0.421 e. The molecule has 5 rings (SSSR count). The Bertz CT molecular complexity index is 1270. The van der Waals surface area contributed by atoms with E-state index in [0.29, 0.717) is 11.4 Å². The lowest BCUT2D eigenvalue weighted by atomic mass is 9.96. The molecule has 1 aromatic carbocycles. The minimum Gasteiger partial charge on any atom is -0.421 e. The number of nitrogens with one attached hydrogen (secondary N) is 1. The summed E-state index contributed by atoms with van der Waals surface area (Å²) in [6.07, 6.45) is 4.53. The SMILES string of the molecule is CC1=Cc2c(ccc(Oc3nc(Nc4ncc(C(C)(C)C)s4)cc(N4CCN(C)CC4)n3)c2F)C1. The first kappa shape index (κ1) is 23.7. The van der Waals surface area contributed by atoms with Crippen LogP contribution in [0, 0.1) is 5.82 Å². The van der Waals surface area contributed by atoms with Gasteiger partial charge in [-0.25, -0.2) is 9.37 Å². The molecule has 1 fully saturated rings. The lowest BCUT2D eigenvalue weighted by molar-refractivity contribution is 0.311. The van der Waals surface area contributed by atoms with Crippen molar-refractivity contribution in [3.8, 4) is 11.8 Å². The number of likely N-dealkylation sites (N-methyl/N-ethyl adjacent to an activating group) is 1. The second kappa shape index (κ2) is 9.20. The van der Waals surface area contributed by atoms with Crippen LogP contribution in [0.15, 0.2) is 30.0 Å². The Morgan fingerprint density at radius 1 is 1.11 bits per heavy atom. The highest BCUT2D eigenvalue weighted by Gasteiger charge is 2.22.